The number of para-hydroxylation sites is 1. The predicted molar refractivity (Wildman–Crippen MR) is 61.2 cm³/mol. The van der Waals surface area contributed by atoms with Crippen LogP contribution in [0.2, 0.25) is 0 Å². The summed E-state index contributed by atoms with van der Waals surface area (Å²) in [4.78, 5) is 10.4. The number of carbonyl (C=O) groups is 1. The summed E-state index contributed by atoms with van der Waals surface area (Å²) in [7, 11) is 0. The fourth-order valence-corrected chi connectivity index (χ4v) is 1.33. The zero-order chi connectivity index (χ0) is 11.5. The largest absolute Gasteiger partial charge is 0.427 e. The van der Waals surface area contributed by atoms with Crippen molar-refractivity contribution in [3.05, 3.63) is 23.8 Å². The van der Waals surface area contributed by atoms with Crippen molar-refractivity contribution in [1.82, 2.24) is 0 Å². The maximum atomic E-state index is 10.4. The molecule has 0 aromatic heterocycles. The summed E-state index contributed by atoms with van der Waals surface area (Å²) in [6.07, 6.45) is 0. The third-order valence-electron chi connectivity index (χ3n) is 1.91. The van der Waals surface area contributed by atoms with E-state index < -0.39 is 0 Å². The van der Waals surface area contributed by atoms with Crippen molar-refractivity contribution in [3.8, 4) is 5.75 Å². The molecule has 1 rings (SSSR count). The molecule has 0 fully saturated rings. The molecule has 3 heteroatoms. The van der Waals surface area contributed by atoms with Crippen LogP contribution < -0.4 is 10.1 Å². The van der Waals surface area contributed by atoms with Crippen LogP contribution in [0.3, 0.4) is 0 Å². The van der Waals surface area contributed by atoms with Gasteiger partial charge >= 0.3 is 0 Å². The molecule has 1 aromatic rings. The Hall–Kier alpha value is -1.51. The monoisotopic (exact) mass is 207 g/mol. The first-order valence-electron chi connectivity index (χ1n) is 4.92. The van der Waals surface area contributed by atoms with E-state index >= 15 is 0 Å². The Morgan fingerprint density at radius 3 is 2.53 bits per heavy atom. The second kappa shape index (κ2) is 4.34. The highest BCUT2D eigenvalue weighted by atomic mass is 16.5. The van der Waals surface area contributed by atoms with E-state index in [1.54, 1.807) is 6.07 Å². The van der Waals surface area contributed by atoms with Gasteiger partial charge in [0.25, 0.3) is 6.47 Å². The van der Waals surface area contributed by atoms with Gasteiger partial charge in [-0.2, -0.15) is 0 Å². The Balaban J connectivity index is 3.07. The van der Waals surface area contributed by atoms with E-state index in [0.29, 0.717) is 12.2 Å². The van der Waals surface area contributed by atoms with Crippen molar-refractivity contribution in [3.63, 3.8) is 0 Å². The maximum Gasteiger partial charge on any atom is 0.298 e. The van der Waals surface area contributed by atoms with Crippen LogP contribution in [0.4, 0.5) is 5.69 Å². The van der Waals surface area contributed by atoms with E-state index in [4.69, 9.17) is 4.74 Å². The van der Waals surface area contributed by atoms with Gasteiger partial charge in [-0.3, -0.25) is 4.79 Å². The third-order valence-corrected chi connectivity index (χ3v) is 1.91. The zero-order valence-corrected chi connectivity index (χ0v) is 9.63. The molecule has 3 nitrogen and oxygen atoms in total. The van der Waals surface area contributed by atoms with Crippen molar-refractivity contribution in [1.29, 1.82) is 0 Å². The Kier molecular flexibility index (Phi) is 3.35. The standard InChI is InChI=1S/C12H17NO2/c1-9-6-5-7-10(15-8-14)11(9)13-12(2,3)4/h5-8,13H,1-4H3. The number of hydrogen-bond donors (Lipinski definition) is 1. The van der Waals surface area contributed by atoms with E-state index in [1.807, 2.05) is 19.1 Å². The molecule has 0 radical (unpaired) electrons. The number of ether oxygens (including phenoxy) is 1. The summed E-state index contributed by atoms with van der Waals surface area (Å²) in [5.74, 6) is 0.569. The first-order chi connectivity index (χ1) is 6.94. The number of aryl methyl sites for hydroxylation is 1. The fourth-order valence-electron chi connectivity index (χ4n) is 1.33. The molecule has 0 aliphatic carbocycles. The molecule has 0 aliphatic heterocycles. The number of anilines is 1. The Morgan fingerprint density at radius 2 is 2.00 bits per heavy atom. The van der Waals surface area contributed by atoms with Gasteiger partial charge in [0.15, 0.2) is 5.75 Å². The van der Waals surface area contributed by atoms with Crippen LogP contribution in [-0.4, -0.2) is 12.0 Å². The molecule has 15 heavy (non-hydrogen) atoms. The van der Waals surface area contributed by atoms with Crippen LogP contribution >= 0.6 is 0 Å². The van der Waals surface area contributed by atoms with E-state index in [2.05, 4.69) is 26.1 Å². The smallest absolute Gasteiger partial charge is 0.298 e. The third kappa shape index (κ3) is 3.27. The molecule has 82 valence electrons. The van der Waals surface area contributed by atoms with Gasteiger partial charge in [0.1, 0.15) is 0 Å². The molecule has 0 spiro atoms. The minimum absolute atomic E-state index is 0.0624. The summed E-state index contributed by atoms with van der Waals surface area (Å²) in [6, 6.07) is 5.61. The quantitative estimate of drug-likeness (QED) is 0.774. The van der Waals surface area contributed by atoms with E-state index in [1.165, 1.54) is 0 Å². The molecule has 0 saturated carbocycles. The Labute approximate surface area is 90.4 Å². The summed E-state index contributed by atoms with van der Waals surface area (Å²) >= 11 is 0. The van der Waals surface area contributed by atoms with Crippen LogP contribution in [0.15, 0.2) is 18.2 Å². The van der Waals surface area contributed by atoms with Crippen LogP contribution in [0.25, 0.3) is 0 Å². The van der Waals surface area contributed by atoms with E-state index in [9.17, 15) is 4.79 Å². The van der Waals surface area contributed by atoms with Gasteiger partial charge in [-0.25, -0.2) is 0 Å². The summed E-state index contributed by atoms with van der Waals surface area (Å²) < 4.78 is 4.92. The van der Waals surface area contributed by atoms with Crippen molar-refractivity contribution in [2.24, 2.45) is 0 Å². The highest BCUT2D eigenvalue weighted by Crippen LogP contribution is 2.30. The van der Waals surface area contributed by atoms with Crippen molar-refractivity contribution in [2.75, 3.05) is 5.32 Å². The summed E-state index contributed by atoms with van der Waals surface area (Å²) in [5.41, 5.74) is 1.87. The van der Waals surface area contributed by atoms with E-state index in [0.717, 1.165) is 11.3 Å². The van der Waals surface area contributed by atoms with Crippen LogP contribution in [0.1, 0.15) is 26.3 Å². The van der Waals surface area contributed by atoms with Gasteiger partial charge in [-0.1, -0.05) is 12.1 Å². The zero-order valence-electron chi connectivity index (χ0n) is 9.63. The number of rotatable bonds is 3. The molecule has 0 amide bonds. The minimum Gasteiger partial charge on any atom is -0.427 e. The molecule has 0 bridgehead atoms. The van der Waals surface area contributed by atoms with Gasteiger partial charge < -0.3 is 10.1 Å². The fraction of sp³-hybridized carbons (Fsp3) is 0.417. The number of benzene rings is 1. The van der Waals surface area contributed by atoms with Crippen LogP contribution in [0, 0.1) is 6.92 Å². The number of nitrogens with one attached hydrogen (secondary N) is 1. The molecule has 0 aliphatic rings. The summed E-state index contributed by atoms with van der Waals surface area (Å²) in [6.45, 7) is 8.60. The van der Waals surface area contributed by atoms with Gasteiger partial charge in [-0.15, -0.1) is 0 Å². The lowest BCUT2D eigenvalue weighted by atomic mass is 10.1. The molecule has 0 heterocycles. The van der Waals surface area contributed by atoms with Gasteiger partial charge in [0.05, 0.1) is 5.69 Å². The molecular weight excluding hydrogens is 190 g/mol. The van der Waals surface area contributed by atoms with E-state index in [-0.39, 0.29) is 5.54 Å². The van der Waals surface area contributed by atoms with Crippen molar-refractivity contribution >= 4 is 12.2 Å². The first-order valence-corrected chi connectivity index (χ1v) is 4.92. The second-order valence-corrected chi connectivity index (χ2v) is 4.54. The van der Waals surface area contributed by atoms with Crippen molar-refractivity contribution in [2.45, 2.75) is 33.2 Å². The molecule has 0 saturated heterocycles. The SMILES string of the molecule is Cc1cccc(OC=O)c1NC(C)(C)C. The average Bonchev–Trinajstić information content (AvgIpc) is 2.10. The first kappa shape index (κ1) is 11.6. The van der Waals surface area contributed by atoms with Crippen molar-refractivity contribution < 1.29 is 9.53 Å². The number of hydrogen-bond acceptors (Lipinski definition) is 3. The topological polar surface area (TPSA) is 38.3 Å². The Morgan fingerprint density at radius 1 is 1.33 bits per heavy atom. The lowest BCUT2D eigenvalue weighted by Crippen LogP contribution is -2.26. The molecular formula is C12H17NO2. The predicted octanol–water partition coefficient (Wildman–Crippen LogP) is 2.74. The second-order valence-electron chi connectivity index (χ2n) is 4.54. The highest BCUT2D eigenvalue weighted by Gasteiger charge is 2.14. The lowest BCUT2D eigenvalue weighted by Gasteiger charge is -2.24. The minimum atomic E-state index is -0.0624. The van der Waals surface area contributed by atoms with Gasteiger partial charge in [0.2, 0.25) is 0 Å². The summed E-state index contributed by atoms with van der Waals surface area (Å²) in [5, 5.41) is 3.32. The maximum absolute atomic E-state index is 10.4. The number of carbonyl (C=O) groups excluding carboxylic acids is 1. The normalized spacial score (nSPS) is 10.9. The van der Waals surface area contributed by atoms with Crippen LogP contribution in [0.5, 0.6) is 5.75 Å². The van der Waals surface area contributed by atoms with Crippen LogP contribution in [-0.2, 0) is 4.79 Å². The average molecular weight is 207 g/mol. The molecule has 0 unspecified atom stereocenters. The molecule has 1 aromatic carbocycles. The van der Waals surface area contributed by atoms with Gasteiger partial charge in [0, 0.05) is 5.54 Å². The highest BCUT2D eigenvalue weighted by molar-refractivity contribution is 5.65. The lowest BCUT2D eigenvalue weighted by molar-refractivity contribution is -0.120. The Bertz CT molecular complexity index is 353. The molecule has 1 N–H and O–H groups in total. The molecule has 0 atom stereocenters. The van der Waals surface area contributed by atoms with Gasteiger partial charge in [-0.05, 0) is 39.3 Å².